The lowest BCUT2D eigenvalue weighted by Crippen LogP contribution is -1.95. The summed E-state index contributed by atoms with van der Waals surface area (Å²) in [6.45, 7) is 0. The van der Waals surface area contributed by atoms with Crippen LogP contribution in [0.3, 0.4) is 0 Å². The van der Waals surface area contributed by atoms with Crippen molar-refractivity contribution in [2.45, 2.75) is 0 Å². The second kappa shape index (κ2) is 8.41. The van der Waals surface area contributed by atoms with Crippen LogP contribution in [0, 0.1) is 0 Å². The van der Waals surface area contributed by atoms with E-state index in [-0.39, 0.29) is 0 Å². The quantitative estimate of drug-likeness (QED) is 0.235. The van der Waals surface area contributed by atoms with E-state index in [9.17, 15) is 0 Å². The summed E-state index contributed by atoms with van der Waals surface area (Å²) in [7, 11) is 0. The minimum Gasteiger partial charge on any atom is -0.308 e. The van der Waals surface area contributed by atoms with E-state index in [1.165, 1.54) is 47.8 Å². The van der Waals surface area contributed by atoms with Crippen molar-refractivity contribution in [1.82, 2.24) is 9.55 Å². The monoisotopic (exact) mass is 502 g/mol. The average molecular weight is 503 g/mol. The van der Waals surface area contributed by atoms with Gasteiger partial charge in [0.2, 0.25) is 0 Å². The van der Waals surface area contributed by atoms with Crippen LogP contribution in [0.1, 0.15) is 0 Å². The van der Waals surface area contributed by atoms with Crippen molar-refractivity contribution in [2.75, 3.05) is 0 Å². The second-order valence-corrected chi connectivity index (χ2v) is 10.8. The van der Waals surface area contributed by atoms with Crippen LogP contribution < -0.4 is 0 Å². The highest BCUT2D eigenvalue weighted by atomic mass is 32.1. The van der Waals surface area contributed by atoms with Crippen molar-refractivity contribution < 1.29 is 0 Å². The van der Waals surface area contributed by atoms with Gasteiger partial charge in [-0.3, -0.25) is 4.98 Å². The summed E-state index contributed by atoms with van der Waals surface area (Å²) in [5.74, 6) is 0. The topological polar surface area (TPSA) is 17.8 Å². The average Bonchev–Trinajstić information content (AvgIpc) is 3.51. The van der Waals surface area contributed by atoms with E-state index >= 15 is 0 Å². The van der Waals surface area contributed by atoms with E-state index in [4.69, 9.17) is 4.98 Å². The van der Waals surface area contributed by atoms with Crippen molar-refractivity contribution in [3.63, 3.8) is 0 Å². The van der Waals surface area contributed by atoms with E-state index in [2.05, 4.69) is 132 Å². The largest absolute Gasteiger partial charge is 0.308 e. The molecule has 2 nitrogen and oxygen atoms in total. The Labute approximate surface area is 224 Å². The Kier molecular flexibility index (Phi) is 4.73. The molecular formula is C35H22N2S. The Hall–Kier alpha value is -4.73. The van der Waals surface area contributed by atoms with Gasteiger partial charge in [-0.25, -0.2) is 0 Å². The Morgan fingerprint density at radius 2 is 1.18 bits per heavy atom. The van der Waals surface area contributed by atoms with Crippen LogP contribution in [-0.4, -0.2) is 9.55 Å². The first-order valence-electron chi connectivity index (χ1n) is 12.8. The molecule has 0 unspecified atom stereocenters. The lowest BCUT2D eigenvalue weighted by atomic mass is 10.1. The molecule has 0 spiro atoms. The number of thiophene rings is 1. The molecule has 0 N–H and O–H groups in total. The zero-order valence-corrected chi connectivity index (χ0v) is 21.3. The van der Waals surface area contributed by atoms with Crippen molar-refractivity contribution in [1.29, 1.82) is 0 Å². The molecule has 0 saturated carbocycles. The summed E-state index contributed by atoms with van der Waals surface area (Å²) in [5.41, 5.74) is 9.17. The van der Waals surface area contributed by atoms with Crippen molar-refractivity contribution >= 4 is 53.4 Å². The van der Waals surface area contributed by atoms with Gasteiger partial charge in [0.1, 0.15) is 0 Å². The maximum Gasteiger partial charge on any atom is 0.0964 e. The number of rotatable bonds is 3. The molecule has 3 heterocycles. The van der Waals surface area contributed by atoms with Gasteiger partial charge >= 0.3 is 0 Å². The minimum atomic E-state index is 1.03. The molecule has 0 fully saturated rings. The number of nitrogens with zero attached hydrogens (tertiary/aromatic N) is 2. The molecule has 5 aromatic carbocycles. The number of aromatic nitrogens is 2. The van der Waals surface area contributed by atoms with Gasteiger partial charge in [0.15, 0.2) is 0 Å². The molecule has 178 valence electrons. The number of fused-ring (bicyclic) bond motifs is 6. The second-order valence-electron chi connectivity index (χ2n) is 9.67. The summed E-state index contributed by atoms with van der Waals surface area (Å²) in [6, 6.07) is 45.6. The highest BCUT2D eigenvalue weighted by molar-refractivity contribution is 7.25. The van der Waals surface area contributed by atoms with E-state index in [1.54, 1.807) is 0 Å². The van der Waals surface area contributed by atoms with Gasteiger partial charge in [0.05, 0.1) is 16.6 Å². The van der Waals surface area contributed by atoms with Gasteiger partial charge in [-0.15, -0.1) is 11.3 Å². The van der Waals surface area contributed by atoms with Crippen LogP contribution in [0.2, 0.25) is 0 Å². The van der Waals surface area contributed by atoms with Crippen LogP contribution >= 0.6 is 11.3 Å². The summed E-state index contributed by atoms with van der Waals surface area (Å²) >= 11 is 1.86. The molecule has 0 saturated heterocycles. The lowest BCUT2D eigenvalue weighted by molar-refractivity contribution is 1.18. The molecule has 0 aliphatic rings. The lowest BCUT2D eigenvalue weighted by Gasteiger charge is -2.11. The highest BCUT2D eigenvalue weighted by Gasteiger charge is 2.17. The molecule has 3 aromatic heterocycles. The maximum absolute atomic E-state index is 5.07. The summed E-state index contributed by atoms with van der Waals surface area (Å²) in [4.78, 5) is 5.07. The molecule has 0 amide bonds. The minimum absolute atomic E-state index is 1.03. The standard InChI is InChI=1S/C35H22N2S/c1-3-10-23(11-4-1)25-14-9-15-27(18-25)37-31-21-34-29(28-16-7-8-17-33(28)38-34)20-30(31)35-32(37)19-26(22-36-35)24-12-5-2-6-13-24/h1-22H. The fourth-order valence-electron chi connectivity index (χ4n) is 5.62. The third-order valence-corrected chi connectivity index (χ3v) is 8.55. The highest BCUT2D eigenvalue weighted by Crippen LogP contribution is 2.41. The number of hydrogen-bond acceptors (Lipinski definition) is 2. The third-order valence-electron chi connectivity index (χ3n) is 7.42. The van der Waals surface area contributed by atoms with Gasteiger partial charge in [-0.1, -0.05) is 91.0 Å². The first kappa shape index (κ1) is 21.4. The molecule has 8 aromatic rings. The normalized spacial score (nSPS) is 11.7. The SMILES string of the molecule is c1ccc(-c2cccc(-n3c4cc5sc6ccccc6c5cc4c4ncc(-c5ccccc5)cc43)c2)cc1. The molecule has 0 atom stereocenters. The zero-order valence-electron chi connectivity index (χ0n) is 20.5. The van der Waals surface area contributed by atoms with E-state index in [1.807, 2.05) is 17.5 Å². The fourth-order valence-corrected chi connectivity index (χ4v) is 6.74. The molecule has 0 radical (unpaired) electrons. The summed E-state index contributed by atoms with van der Waals surface area (Å²) in [6.07, 6.45) is 2.01. The van der Waals surface area contributed by atoms with Gasteiger partial charge < -0.3 is 4.57 Å². The van der Waals surface area contributed by atoms with E-state index in [0.29, 0.717) is 0 Å². The summed E-state index contributed by atoms with van der Waals surface area (Å²) < 4.78 is 5.00. The first-order valence-corrected chi connectivity index (χ1v) is 13.6. The van der Waals surface area contributed by atoms with Crippen molar-refractivity contribution in [3.8, 4) is 27.9 Å². The molecule has 38 heavy (non-hydrogen) atoms. The van der Waals surface area contributed by atoms with E-state index in [0.717, 1.165) is 22.3 Å². The maximum atomic E-state index is 5.07. The van der Waals surface area contributed by atoms with Crippen LogP contribution in [-0.2, 0) is 0 Å². The Bertz CT molecular complexity index is 2120. The Morgan fingerprint density at radius 1 is 0.474 bits per heavy atom. The van der Waals surface area contributed by atoms with E-state index < -0.39 is 0 Å². The van der Waals surface area contributed by atoms with Gasteiger partial charge in [-0.05, 0) is 53.1 Å². The number of hydrogen-bond donors (Lipinski definition) is 0. The van der Waals surface area contributed by atoms with Crippen molar-refractivity contribution in [2.24, 2.45) is 0 Å². The van der Waals surface area contributed by atoms with Crippen LogP contribution in [0.4, 0.5) is 0 Å². The number of benzene rings is 5. The smallest absolute Gasteiger partial charge is 0.0964 e. The molecule has 0 bridgehead atoms. The molecule has 8 rings (SSSR count). The first-order chi connectivity index (χ1) is 18.8. The summed E-state index contributed by atoms with van der Waals surface area (Å²) in [5, 5.41) is 3.78. The zero-order chi connectivity index (χ0) is 25.1. The van der Waals surface area contributed by atoms with Crippen LogP contribution in [0.15, 0.2) is 134 Å². The molecular weight excluding hydrogens is 480 g/mol. The van der Waals surface area contributed by atoms with Crippen LogP contribution in [0.5, 0.6) is 0 Å². The molecule has 3 heteroatoms. The fraction of sp³-hybridized carbons (Fsp3) is 0. The Balaban J connectivity index is 1.47. The predicted octanol–water partition coefficient (Wildman–Crippen LogP) is 9.88. The van der Waals surface area contributed by atoms with Crippen molar-refractivity contribution in [3.05, 3.63) is 134 Å². The van der Waals surface area contributed by atoms with Gasteiger partial charge in [-0.2, -0.15) is 0 Å². The third kappa shape index (κ3) is 3.29. The molecule has 0 aliphatic carbocycles. The predicted molar refractivity (Wildman–Crippen MR) is 162 cm³/mol. The van der Waals surface area contributed by atoms with Gasteiger partial charge in [0.25, 0.3) is 0 Å². The molecule has 0 aliphatic heterocycles. The van der Waals surface area contributed by atoms with Crippen LogP contribution in [0.25, 0.3) is 70.0 Å². The number of pyridine rings is 1. The van der Waals surface area contributed by atoms with Gasteiger partial charge in [0, 0.05) is 43.0 Å². The Morgan fingerprint density at radius 3 is 2.00 bits per heavy atom.